The van der Waals surface area contributed by atoms with Crippen LogP contribution in [-0.2, 0) is 13.0 Å². The number of pyridine rings is 1. The molecule has 1 N–H and O–H groups in total. The molecule has 0 fully saturated rings. The zero-order valence-electron chi connectivity index (χ0n) is 17.5. The van der Waals surface area contributed by atoms with Gasteiger partial charge in [-0.05, 0) is 60.2 Å². The van der Waals surface area contributed by atoms with E-state index in [1.807, 2.05) is 24.0 Å². The Morgan fingerprint density at radius 1 is 1.16 bits per heavy atom. The van der Waals surface area contributed by atoms with Gasteiger partial charge in [0.2, 0.25) is 0 Å². The van der Waals surface area contributed by atoms with Gasteiger partial charge in [-0.1, -0.05) is 6.07 Å². The Morgan fingerprint density at radius 2 is 2.06 bits per heavy atom. The van der Waals surface area contributed by atoms with Gasteiger partial charge in [0.1, 0.15) is 12.1 Å². The molecule has 0 saturated carbocycles. The minimum absolute atomic E-state index is 0.0122. The molecule has 4 heterocycles. The minimum Gasteiger partial charge on any atom is -0.334 e. The monoisotopic (exact) mass is 443 g/mol. The Bertz CT molecular complexity index is 1280. The molecule has 0 spiro atoms. The summed E-state index contributed by atoms with van der Waals surface area (Å²) >= 11 is 1.75. The van der Waals surface area contributed by atoms with Gasteiger partial charge in [-0.15, -0.1) is 11.3 Å². The summed E-state index contributed by atoms with van der Waals surface area (Å²) in [7, 11) is 0. The zero-order chi connectivity index (χ0) is 22.1. The minimum atomic E-state index is -0.275. The summed E-state index contributed by atoms with van der Waals surface area (Å²) < 4.78 is 1.76. The second-order valence-corrected chi connectivity index (χ2v) is 8.65. The van der Waals surface area contributed by atoms with Gasteiger partial charge in [-0.25, -0.2) is 9.97 Å². The van der Waals surface area contributed by atoms with E-state index in [0.717, 1.165) is 12.0 Å². The fourth-order valence-electron chi connectivity index (χ4n) is 3.86. The van der Waals surface area contributed by atoms with Crippen LogP contribution in [0.5, 0.6) is 0 Å². The normalized spacial score (nSPS) is 13.0. The maximum atomic E-state index is 13.2. The molecule has 5 rings (SSSR count). The first-order chi connectivity index (χ1) is 15.6. The van der Waals surface area contributed by atoms with Crippen LogP contribution in [0.3, 0.4) is 0 Å². The zero-order valence-corrected chi connectivity index (χ0v) is 18.3. The van der Waals surface area contributed by atoms with Crippen molar-refractivity contribution in [3.63, 3.8) is 0 Å². The highest BCUT2D eigenvalue weighted by atomic mass is 32.1. The van der Waals surface area contributed by atoms with Gasteiger partial charge in [0.25, 0.3) is 11.8 Å². The van der Waals surface area contributed by atoms with Crippen molar-refractivity contribution in [1.82, 2.24) is 19.4 Å². The molecule has 4 aromatic rings. The number of amides is 2. The average Bonchev–Trinajstić information content (AvgIpc) is 3.52. The van der Waals surface area contributed by atoms with Crippen molar-refractivity contribution in [2.75, 3.05) is 11.9 Å². The third-order valence-electron chi connectivity index (χ3n) is 5.69. The van der Waals surface area contributed by atoms with E-state index in [9.17, 15) is 9.59 Å². The molecule has 1 aliphatic heterocycles. The number of benzene rings is 1. The quantitative estimate of drug-likeness (QED) is 0.515. The molecule has 0 atom stereocenters. The van der Waals surface area contributed by atoms with Crippen LogP contribution in [0.2, 0.25) is 0 Å². The summed E-state index contributed by atoms with van der Waals surface area (Å²) in [5, 5.41) is 5.00. The van der Waals surface area contributed by atoms with Crippen molar-refractivity contribution in [3.8, 4) is 5.82 Å². The van der Waals surface area contributed by atoms with E-state index >= 15 is 0 Å². The molecule has 1 aromatic carbocycles. The van der Waals surface area contributed by atoms with Gasteiger partial charge in [0.05, 0.1) is 5.56 Å². The highest BCUT2D eigenvalue weighted by Crippen LogP contribution is 2.27. The van der Waals surface area contributed by atoms with Crippen LogP contribution in [0.15, 0.2) is 66.7 Å². The molecule has 160 valence electrons. The first-order valence-corrected chi connectivity index (χ1v) is 11.2. The van der Waals surface area contributed by atoms with Gasteiger partial charge >= 0.3 is 0 Å². The van der Waals surface area contributed by atoms with Crippen molar-refractivity contribution < 1.29 is 9.59 Å². The molecule has 8 heteroatoms. The molecule has 3 aromatic heterocycles. The summed E-state index contributed by atoms with van der Waals surface area (Å²) in [6, 6.07) is 11.0. The second-order valence-electron chi connectivity index (χ2n) is 7.65. The molecule has 7 nitrogen and oxygen atoms in total. The molecule has 0 unspecified atom stereocenters. The number of anilines is 1. The second kappa shape index (κ2) is 8.39. The molecule has 32 heavy (non-hydrogen) atoms. The number of hydrogen-bond acceptors (Lipinski definition) is 5. The van der Waals surface area contributed by atoms with E-state index < -0.39 is 0 Å². The lowest BCUT2D eigenvalue weighted by Gasteiger charge is -2.28. The predicted octanol–water partition coefficient (Wildman–Crippen LogP) is 4.09. The maximum absolute atomic E-state index is 13.2. The average molecular weight is 444 g/mol. The number of hydrogen-bond donors (Lipinski definition) is 1. The number of carbonyl (C=O) groups is 2. The van der Waals surface area contributed by atoms with Crippen LogP contribution in [0.1, 0.15) is 36.7 Å². The van der Waals surface area contributed by atoms with Crippen LogP contribution in [0, 0.1) is 6.92 Å². The molecular weight excluding hydrogens is 422 g/mol. The van der Waals surface area contributed by atoms with E-state index in [4.69, 9.17) is 0 Å². The van der Waals surface area contributed by atoms with Crippen molar-refractivity contribution >= 4 is 28.8 Å². The van der Waals surface area contributed by atoms with Crippen molar-refractivity contribution in [1.29, 1.82) is 0 Å². The van der Waals surface area contributed by atoms with Crippen LogP contribution >= 0.6 is 11.3 Å². The molecule has 0 aliphatic carbocycles. The number of nitrogens with one attached hydrogen (secondary N) is 1. The van der Waals surface area contributed by atoms with Gasteiger partial charge in [-0.3, -0.25) is 14.2 Å². The lowest BCUT2D eigenvalue weighted by atomic mass is 10.0. The fraction of sp³-hybridized carbons (Fsp3) is 0.167. The van der Waals surface area contributed by atoms with Gasteiger partial charge in [0, 0.05) is 47.8 Å². The number of nitrogens with zero attached hydrogens (tertiary/aromatic N) is 4. The van der Waals surface area contributed by atoms with Crippen LogP contribution < -0.4 is 5.32 Å². The molecule has 0 saturated heterocycles. The van der Waals surface area contributed by atoms with Gasteiger partial charge in [0.15, 0.2) is 0 Å². The van der Waals surface area contributed by atoms with Crippen LogP contribution in [0.25, 0.3) is 5.82 Å². The Kier molecular flexibility index (Phi) is 5.28. The molecule has 2 amide bonds. The first-order valence-electron chi connectivity index (χ1n) is 10.3. The third-order valence-corrected chi connectivity index (χ3v) is 6.71. The summed E-state index contributed by atoms with van der Waals surface area (Å²) in [5.74, 6) is 0.392. The molecule has 1 aliphatic rings. The molecular formula is C24H21N5O2S. The van der Waals surface area contributed by atoms with E-state index in [1.54, 1.807) is 52.8 Å². The lowest BCUT2D eigenvalue weighted by molar-refractivity contribution is 0.0735. The summed E-state index contributed by atoms with van der Waals surface area (Å²) in [5.41, 5.74) is 3.64. The predicted molar refractivity (Wildman–Crippen MR) is 123 cm³/mol. The van der Waals surface area contributed by atoms with Crippen molar-refractivity contribution in [3.05, 3.63) is 93.8 Å². The number of carbonyl (C=O) groups excluding carboxylic acids is 2. The van der Waals surface area contributed by atoms with Gasteiger partial charge < -0.3 is 10.2 Å². The van der Waals surface area contributed by atoms with Crippen LogP contribution in [-0.4, -0.2) is 37.8 Å². The van der Waals surface area contributed by atoms with E-state index in [1.165, 1.54) is 16.6 Å². The highest BCUT2D eigenvalue weighted by molar-refractivity contribution is 7.10. The first kappa shape index (κ1) is 20.1. The Balaban J connectivity index is 1.32. The fourth-order valence-corrected chi connectivity index (χ4v) is 4.75. The Hall–Kier alpha value is -3.78. The van der Waals surface area contributed by atoms with Crippen molar-refractivity contribution in [2.45, 2.75) is 19.9 Å². The van der Waals surface area contributed by atoms with E-state index in [2.05, 4.69) is 26.7 Å². The maximum Gasteiger partial charge on any atom is 0.257 e. The largest absolute Gasteiger partial charge is 0.334 e. The smallest absolute Gasteiger partial charge is 0.257 e. The van der Waals surface area contributed by atoms with Gasteiger partial charge in [-0.2, -0.15) is 0 Å². The SMILES string of the molecule is Cc1c(NC(=O)c2ccc(-n3ccnc3)nc2)cccc1C(=O)N1CCc2sccc2C1. The Labute approximate surface area is 189 Å². The molecule has 0 bridgehead atoms. The summed E-state index contributed by atoms with van der Waals surface area (Å²) in [6.45, 7) is 3.20. The van der Waals surface area contributed by atoms with E-state index in [0.29, 0.717) is 35.7 Å². The van der Waals surface area contributed by atoms with Crippen molar-refractivity contribution in [2.24, 2.45) is 0 Å². The van der Waals surface area contributed by atoms with Crippen LogP contribution in [0.4, 0.5) is 5.69 Å². The number of fused-ring (bicyclic) bond motifs is 1. The standard InChI is InChI=1S/C24H21N5O2S/c1-16-19(24(31)28-10-7-21-18(14-28)8-12-32-21)3-2-4-20(16)27-23(30)17-5-6-22(26-13-17)29-11-9-25-15-29/h2-6,8-9,11-13,15H,7,10,14H2,1H3,(H,27,30). The van der Waals surface area contributed by atoms with E-state index in [-0.39, 0.29) is 11.8 Å². The third kappa shape index (κ3) is 3.80. The summed E-state index contributed by atoms with van der Waals surface area (Å²) in [6.07, 6.45) is 7.52. The Morgan fingerprint density at radius 3 is 2.84 bits per heavy atom. The number of rotatable bonds is 4. The molecule has 0 radical (unpaired) electrons. The topological polar surface area (TPSA) is 80.1 Å². The number of thiophene rings is 1. The number of aromatic nitrogens is 3. The highest BCUT2D eigenvalue weighted by Gasteiger charge is 2.24. The lowest BCUT2D eigenvalue weighted by Crippen LogP contribution is -2.35. The number of imidazole rings is 1. The summed E-state index contributed by atoms with van der Waals surface area (Å²) in [4.78, 5) is 37.6.